The molecule has 1 N–H and O–H groups in total. The van der Waals surface area contributed by atoms with E-state index in [1.807, 2.05) is 45.7 Å². The Morgan fingerprint density at radius 1 is 1.39 bits per heavy atom. The predicted octanol–water partition coefficient (Wildman–Crippen LogP) is 1.96. The molecule has 23 heavy (non-hydrogen) atoms. The third-order valence-electron chi connectivity index (χ3n) is 3.48. The summed E-state index contributed by atoms with van der Waals surface area (Å²) >= 11 is 1.66. The zero-order valence-corrected chi connectivity index (χ0v) is 14.8. The molecule has 124 valence electrons. The maximum Gasteiger partial charge on any atom is 0.252 e. The van der Waals surface area contributed by atoms with E-state index in [1.165, 1.54) is 0 Å². The Kier molecular flexibility index (Phi) is 6.18. The van der Waals surface area contributed by atoms with E-state index in [1.54, 1.807) is 22.6 Å². The Balaban J connectivity index is 1.98. The number of nitrogens with zero attached hydrogens (tertiary/aromatic N) is 4. The molecular formula is C16H23N5OS. The second-order valence-electron chi connectivity index (χ2n) is 5.45. The molecule has 2 aromatic rings. The zero-order chi connectivity index (χ0) is 16.8. The van der Waals surface area contributed by atoms with Crippen LogP contribution in [-0.2, 0) is 7.05 Å². The Bertz CT molecular complexity index is 638. The van der Waals surface area contributed by atoms with Gasteiger partial charge in [0.1, 0.15) is 0 Å². The molecule has 1 amide bonds. The van der Waals surface area contributed by atoms with Crippen molar-refractivity contribution in [2.24, 2.45) is 7.05 Å². The molecular weight excluding hydrogens is 310 g/mol. The number of hydrogen-bond donors (Lipinski definition) is 1. The van der Waals surface area contributed by atoms with E-state index in [2.05, 4.69) is 27.2 Å². The number of carbonyl (C=O) groups excluding carboxylic acids is 1. The number of carbonyl (C=O) groups is 1. The van der Waals surface area contributed by atoms with E-state index in [4.69, 9.17) is 0 Å². The fraction of sp³-hybridized carbons (Fsp3) is 0.438. The normalized spacial score (nSPS) is 12.4. The Hall–Kier alpha value is -1.86. The lowest BCUT2D eigenvalue weighted by Gasteiger charge is -2.23. The van der Waals surface area contributed by atoms with Crippen molar-refractivity contribution in [3.63, 3.8) is 0 Å². The van der Waals surface area contributed by atoms with Crippen molar-refractivity contribution in [2.75, 3.05) is 26.4 Å². The lowest BCUT2D eigenvalue weighted by atomic mass is 10.1. The van der Waals surface area contributed by atoms with E-state index >= 15 is 0 Å². The third-order valence-corrected chi connectivity index (χ3v) is 4.31. The second-order valence-corrected chi connectivity index (χ2v) is 6.74. The molecule has 0 saturated carbocycles. The van der Waals surface area contributed by atoms with Crippen LogP contribution in [0.25, 0.3) is 0 Å². The number of aryl methyl sites for hydroxylation is 1. The highest BCUT2D eigenvalue weighted by Crippen LogP contribution is 2.17. The highest BCUT2D eigenvalue weighted by Gasteiger charge is 2.17. The van der Waals surface area contributed by atoms with Gasteiger partial charge in [-0.1, -0.05) is 6.92 Å². The number of nitrogens with one attached hydrogen (secondary N) is 1. The zero-order valence-electron chi connectivity index (χ0n) is 14.0. The molecule has 0 fully saturated rings. The van der Waals surface area contributed by atoms with Gasteiger partial charge >= 0.3 is 0 Å². The quantitative estimate of drug-likeness (QED) is 0.785. The molecule has 7 heteroatoms. The van der Waals surface area contributed by atoms with Crippen LogP contribution in [0.1, 0.15) is 28.9 Å². The summed E-state index contributed by atoms with van der Waals surface area (Å²) in [6.07, 6.45) is 5.42. The van der Waals surface area contributed by atoms with Crippen LogP contribution in [0.3, 0.4) is 0 Å². The number of amides is 1. The minimum absolute atomic E-state index is 0.0792. The summed E-state index contributed by atoms with van der Waals surface area (Å²) in [7, 11) is 5.86. The van der Waals surface area contributed by atoms with E-state index in [0.29, 0.717) is 12.1 Å². The van der Waals surface area contributed by atoms with Crippen molar-refractivity contribution >= 4 is 17.7 Å². The molecule has 0 spiro atoms. The first-order chi connectivity index (χ1) is 11.0. The third kappa shape index (κ3) is 4.80. The van der Waals surface area contributed by atoms with Gasteiger partial charge in [-0.3, -0.25) is 9.48 Å². The van der Waals surface area contributed by atoms with Crippen molar-refractivity contribution in [3.05, 3.63) is 41.9 Å². The van der Waals surface area contributed by atoms with Crippen LogP contribution in [-0.4, -0.2) is 52.0 Å². The Morgan fingerprint density at radius 2 is 2.17 bits per heavy atom. The lowest BCUT2D eigenvalue weighted by molar-refractivity contribution is 0.0941. The number of aromatic nitrogens is 3. The summed E-state index contributed by atoms with van der Waals surface area (Å²) in [5, 5.41) is 8.11. The molecule has 2 aromatic heterocycles. The van der Waals surface area contributed by atoms with Gasteiger partial charge < -0.3 is 10.2 Å². The summed E-state index contributed by atoms with van der Waals surface area (Å²) in [6, 6.07) is 3.78. The minimum atomic E-state index is -0.110. The highest BCUT2D eigenvalue weighted by molar-refractivity contribution is 7.99. The van der Waals surface area contributed by atoms with Gasteiger partial charge in [-0.15, -0.1) is 11.8 Å². The number of thioether (sulfide) groups is 1. The molecule has 0 radical (unpaired) electrons. The van der Waals surface area contributed by atoms with E-state index in [9.17, 15) is 4.79 Å². The first-order valence-electron chi connectivity index (χ1n) is 7.53. The fourth-order valence-electron chi connectivity index (χ4n) is 2.25. The summed E-state index contributed by atoms with van der Waals surface area (Å²) in [6.45, 7) is 2.59. The van der Waals surface area contributed by atoms with Crippen LogP contribution in [0.2, 0.25) is 0 Å². The maximum absolute atomic E-state index is 12.3. The molecule has 1 atom stereocenters. The summed E-state index contributed by atoms with van der Waals surface area (Å²) in [4.78, 5) is 18.6. The van der Waals surface area contributed by atoms with Crippen molar-refractivity contribution in [1.82, 2.24) is 25.0 Å². The summed E-state index contributed by atoms with van der Waals surface area (Å²) < 4.78 is 1.77. The monoisotopic (exact) mass is 333 g/mol. The number of pyridine rings is 1. The van der Waals surface area contributed by atoms with Crippen LogP contribution in [0.4, 0.5) is 0 Å². The van der Waals surface area contributed by atoms with Gasteiger partial charge in [-0.2, -0.15) is 5.10 Å². The molecule has 0 aliphatic rings. The molecule has 2 heterocycles. The van der Waals surface area contributed by atoms with Gasteiger partial charge in [0.05, 0.1) is 22.8 Å². The highest BCUT2D eigenvalue weighted by atomic mass is 32.2. The SMILES string of the molecule is CCSc1ccc(C(=O)NC[C@H](c2cnn(C)c2)N(C)C)cn1. The van der Waals surface area contributed by atoms with Crippen LogP contribution >= 0.6 is 11.8 Å². The minimum Gasteiger partial charge on any atom is -0.350 e. The van der Waals surface area contributed by atoms with E-state index < -0.39 is 0 Å². The summed E-state index contributed by atoms with van der Waals surface area (Å²) in [5.41, 5.74) is 1.65. The second kappa shape index (κ2) is 8.12. The average molecular weight is 333 g/mol. The smallest absolute Gasteiger partial charge is 0.252 e. The Labute approximate surface area is 141 Å². The Morgan fingerprint density at radius 3 is 2.70 bits per heavy atom. The van der Waals surface area contributed by atoms with E-state index in [0.717, 1.165) is 16.3 Å². The summed E-state index contributed by atoms with van der Waals surface area (Å²) in [5.74, 6) is 0.857. The first-order valence-corrected chi connectivity index (χ1v) is 8.51. The molecule has 0 aliphatic heterocycles. The predicted molar refractivity (Wildman–Crippen MR) is 92.6 cm³/mol. The molecule has 0 saturated heterocycles. The molecule has 2 rings (SSSR count). The van der Waals surface area contributed by atoms with Crippen molar-refractivity contribution in [3.8, 4) is 0 Å². The molecule has 0 aliphatic carbocycles. The molecule has 6 nitrogen and oxygen atoms in total. The number of rotatable bonds is 7. The molecule has 0 unspecified atom stereocenters. The maximum atomic E-state index is 12.3. The first kappa shape index (κ1) is 17.5. The average Bonchev–Trinajstić information content (AvgIpc) is 2.94. The van der Waals surface area contributed by atoms with Crippen molar-refractivity contribution in [2.45, 2.75) is 18.0 Å². The van der Waals surface area contributed by atoms with Gasteiger partial charge in [0.2, 0.25) is 0 Å². The number of hydrogen-bond acceptors (Lipinski definition) is 5. The largest absolute Gasteiger partial charge is 0.350 e. The van der Waals surface area contributed by atoms with Crippen molar-refractivity contribution in [1.29, 1.82) is 0 Å². The van der Waals surface area contributed by atoms with Crippen molar-refractivity contribution < 1.29 is 4.79 Å². The van der Waals surface area contributed by atoms with E-state index in [-0.39, 0.29) is 11.9 Å². The van der Waals surface area contributed by atoms with Gasteiger partial charge in [0.15, 0.2) is 0 Å². The van der Waals surface area contributed by atoms with Crippen LogP contribution in [0.15, 0.2) is 35.7 Å². The van der Waals surface area contributed by atoms with Gasteiger partial charge in [0, 0.05) is 31.5 Å². The fourth-order valence-corrected chi connectivity index (χ4v) is 2.84. The van der Waals surface area contributed by atoms with Crippen LogP contribution in [0.5, 0.6) is 0 Å². The van der Waals surface area contributed by atoms with Crippen LogP contribution < -0.4 is 5.32 Å². The topological polar surface area (TPSA) is 63.1 Å². The molecule has 0 bridgehead atoms. The van der Waals surface area contributed by atoms with Gasteiger partial charge in [-0.05, 0) is 32.0 Å². The van der Waals surface area contributed by atoms with Gasteiger partial charge in [-0.25, -0.2) is 4.98 Å². The molecule has 0 aromatic carbocycles. The standard InChI is InChI=1S/C16H23N5OS/c1-5-23-15-7-6-12(8-17-15)16(22)18-10-14(20(2)3)13-9-19-21(4)11-13/h6-9,11,14H,5,10H2,1-4H3,(H,18,22)/t14-/m1/s1. The lowest BCUT2D eigenvalue weighted by Crippen LogP contribution is -2.34. The van der Waals surface area contributed by atoms with Crippen LogP contribution in [0, 0.1) is 0 Å². The number of likely N-dealkylation sites (N-methyl/N-ethyl adjacent to an activating group) is 1. The van der Waals surface area contributed by atoms with Gasteiger partial charge in [0.25, 0.3) is 5.91 Å².